The lowest BCUT2D eigenvalue weighted by atomic mass is 10.1. The first-order chi connectivity index (χ1) is 9.35. The SMILES string of the molecule is COc1cc(C(=O)NC(CC(=O)O)C(=O)O)ccc1C. The van der Waals surface area contributed by atoms with E-state index in [9.17, 15) is 14.4 Å². The number of carboxylic acids is 2. The summed E-state index contributed by atoms with van der Waals surface area (Å²) in [6.07, 6.45) is -0.690. The molecule has 0 aromatic heterocycles. The molecule has 0 aliphatic heterocycles. The molecule has 3 N–H and O–H groups in total. The number of carboxylic acid groups (broad SMARTS) is 2. The fourth-order valence-electron chi connectivity index (χ4n) is 1.58. The summed E-state index contributed by atoms with van der Waals surface area (Å²) in [5.74, 6) is -2.89. The van der Waals surface area contributed by atoms with Gasteiger partial charge in [0.15, 0.2) is 0 Å². The molecule has 0 fully saturated rings. The van der Waals surface area contributed by atoms with Crippen LogP contribution in [0.4, 0.5) is 0 Å². The summed E-state index contributed by atoms with van der Waals surface area (Å²) in [5, 5.41) is 19.6. The molecule has 0 spiro atoms. The number of hydrogen-bond donors (Lipinski definition) is 3. The maximum absolute atomic E-state index is 11.9. The number of aryl methyl sites for hydroxylation is 1. The standard InChI is InChI=1S/C13H15NO6/c1-7-3-4-8(5-10(7)20-2)12(17)14-9(13(18)19)6-11(15)16/h3-5,9H,6H2,1-2H3,(H,14,17)(H,15,16)(H,18,19). The van der Waals surface area contributed by atoms with E-state index in [1.165, 1.54) is 19.2 Å². The Bertz CT molecular complexity index is 540. The van der Waals surface area contributed by atoms with Crippen LogP contribution in [0.25, 0.3) is 0 Å². The number of methoxy groups -OCH3 is 1. The zero-order valence-corrected chi connectivity index (χ0v) is 11.0. The van der Waals surface area contributed by atoms with Crippen molar-refractivity contribution in [2.75, 3.05) is 7.11 Å². The van der Waals surface area contributed by atoms with Gasteiger partial charge in [0.25, 0.3) is 5.91 Å². The number of carbonyl (C=O) groups is 3. The van der Waals surface area contributed by atoms with Gasteiger partial charge in [-0.1, -0.05) is 6.07 Å². The van der Waals surface area contributed by atoms with Gasteiger partial charge in [-0.15, -0.1) is 0 Å². The number of rotatable bonds is 6. The predicted molar refractivity (Wildman–Crippen MR) is 68.9 cm³/mol. The van der Waals surface area contributed by atoms with Gasteiger partial charge in [-0.05, 0) is 24.6 Å². The maximum Gasteiger partial charge on any atom is 0.326 e. The third-order valence-electron chi connectivity index (χ3n) is 2.65. The van der Waals surface area contributed by atoms with Crippen molar-refractivity contribution >= 4 is 17.8 Å². The lowest BCUT2D eigenvalue weighted by Crippen LogP contribution is -2.42. The van der Waals surface area contributed by atoms with Crippen molar-refractivity contribution in [3.8, 4) is 5.75 Å². The Balaban J connectivity index is 2.88. The predicted octanol–water partition coefficient (Wildman–Crippen LogP) is 0.661. The molecule has 0 bridgehead atoms. The van der Waals surface area contributed by atoms with Crippen molar-refractivity contribution in [2.45, 2.75) is 19.4 Å². The monoisotopic (exact) mass is 281 g/mol. The average Bonchev–Trinajstić information content (AvgIpc) is 2.37. The normalized spacial score (nSPS) is 11.5. The summed E-state index contributed by atoms with van der Waals surface area (Å²) in [4.78, 5) is 33.3. The molecule has 108 valence electrons. The molecule has 0 saturated heterocycles. The van der Waals surface area contributed by atoms with E-state index in [1.54, 1.807) is 13.0 Å². The van der Waals surface area contributed by atoms with Gasteiger partial charge in [0.1, 0.15) is 11.8 Å². The number of ether oxygens (including phenoxy) is 1. The van der Waals surface area contributed by atoms with Crippen molar-refractivity contribution < 1.29 is 29.3 Å². The lowest BCUT2D eigenvalue weighted by Gasteiger charge is -2.13. The van der Waals surface area contributed by atoms with Crippen LogP contribution in [0.15, 0.2) is 18.2 Å². The van der Waals surface area contributed by atoms with Gasteiger partial charge in [0, 0.05) is 5.56 Å². The van der Waals surface area contributed by atoms with Gasteiger partial charge in [-0.25, -0.2) is 4.79 Å². The Morgan fingerprint density at radius 2 is 1.95 bits per heavy atom. The maximum atomic E-state index is 11.9. The summed E-state index contributed by atoms with van der Waals surface area (Å²) < 4.78 is 5.06. The zero-order chi connectivity index (χ0) is 15.3. The summed E-state index contributed by atoms with van der Waals surface area (Å²) in [7, 11) is 1.45. The quantitative estimate of drug-likeness (QED) is 0.706. The number of hydrogen-bond acceptors (Lipinski definition) is 4. The number of carbonyl (C=O) groups excluding carboxylic acids is 1. The van der Waals surface area contributed by atoms with Crippen molar-refractivity contribution in [3.63, 3.8) is 0 Å². The number of nitrogens with one attached hydrogen (secondary N) is 1. The minimum atomic E-state index is -1.48. The highest BCUT2D eigenvalue weighted by molar-refractivity contribution is 5.97. The summed E-state index contributed by atoms with van der Waals surface area (Å²) in [5.41, 5.74) is 1.02. The molecular weight excluding hydrogens is 266 g/mol. The number of amides is 1. The third kappa shape index (κ3) is 3.98. The van der Waals surface area contributed by atoms with Crippen LogP contribution in [-0.4, -0.2) is 41.2 Å². The van der Waals surface area contributed by atoms with Gasteiger partial charge in [-0.3, -0.25) is 9.59 Å². The molecule has 1 rings (SSSR count). The largest absolute Gasteiger partial charge is 0.496 e. The zero-order valence-electron chi connectivity index (χ0n) is 11.0. The van der Waals surface area contributed by atoms with Crippen LogP contribution in [0.1, 0.15) is 22.3 Å². The Hall–Kier alpha value is -2.57. The molecule has 1 atom stereocenters. The third-order valence-corrected chi connectivity index (χ3v) is 2.65. The van der Waals surface area contributed by atoms with E-state index in [2.05, 4.69) is 5.32 Å². The lowest BCUT2D eigenvalue weighted by molar-refractivity contribution is -0.145. The first-order valence-corrected chi connectivity index (χ1v) is 5.75. The minimum Gasteiger partial charge on any atom is -0.496 e. The second-order valence-electron chi connectivity index (χ2n) is 4.15. The topological polar surface area (TPSA) is 113 Å². The van der Waals surface area contributed by atoms with Crippen molar-refractivity contribution in [3.05, 3.63) is 29.3 Å². The first-order valence-electron chi connectivity index (χ1n) is 5.75. The second-order valence-corrected chi connectivity index (χ2v) is 4.15. The molecule has 0 aliphatic carbocycles. The van der Waals surface area contributed by atoms with Gasteiger partial charge < -0.3 is 20.3 Å². The van der Waals surface area contributed by atoms with Crippen molar-refractivity contribution in [2.24, 2.45) is 0 Å². The highest BCUT2D eigenvalue weighted by Crippen LogP contribution is 2.19. The van der Waals surface area contributed by atoms with Crippen molar-refractivity contribution in [1.82, 2.24) is 5.32 Å². The molecular formula is C13H15NO6. The average molecular weight is 281 g/mol. The summed E-state index contributed by atoms with van der Waals surface area (Å²) >= 11 is 0. The van der Waals surface area contributed by atoms with Crippen LogP contribution in [0.5, 0.6) is 5.75 Å². The van der Waals surface area contributed by atoms with E-state index in [-0.39, 0.29) is 5.56 Å². The van der Waals surface area contributed by atoms with Gasteiger partial charge in [0.05, 0.1) is 13.5 Å². The Kier molecular flexibility index (Phi) is 5.08. The highest BCUT2D eigenvalue weighted by Gasteiger charge is 2.23. The number of aliphatic carboxylic acids is 2. The Morgan fingerprint density at radius 3 is 2.45 bits per heavy atom. The van der Waals surface area contributed by atoms with Crippen LogP contribution in [0, 0.1) is 6.92 Å². The molecule has 1 unspecified atom stereocenters. The van der Waals surface area contributed by atoms with E-state index in [0.29, 0.717) is 5.75 Å². The second kappa shape index (κ2) is 6.55. The van der Waals surface area contributed by atoms with E-state index in [1.807, 2.05) is 0 Å². The van der Waals surface area contributed by atoms with E-state index in [4.69, 9.17) is 14.9 Å². The molecule has 0 heterocycles. The molecule has 0 aliphatic rings. The van der Waals surface area contributed by atoms with Crippen LogP contribution in [0.3, 0.4) is 0 Å². The molecule has 0 radical (unpaired) electrons. The molecule has 7 nitrogen and oxygen atoms in total. The molecule has 0 saturated carbocycles. The summed E-state index contributed by atoms with van der Waals surface area (Å²) in [6, 6.07) is 3.14. The Morgan fingerprint density at radius 1 is 1.30 bits per heavy atom. The smallest absolute Gasteiger partial charge is 0.326 e. The molecule has 1 amide bonds. The van der Waals surface area contributed by atoms with Crippen LogP contribution >= 0.6 is 0 Å². The van der Waals surface area contributed by atoms with Crippen LogP contribution in [0.2, 0.25) is 0 Å². The fraction of sp³-hybridized carbons (Fsp3) is 0.308. The van der Waals surface area contributed by atoms with Gasteiger partial charge >= 0.3 is 11.9 Å². The molecule has 1 aromatic rings. The minimum absolute atomic E-state index is 0.198. The van der Waals surface area contributed by atoms with Crippen LogP contribution in [-0.2, 0) is 9.59 Å². The van der Waals surface area contributed by atoms with Gasteiger partial charge in [-0.2, -0.15) is 0 Å². The van der Waals surface area contributed by atoms with E-state index < -0.39 is 30.3 Å². The van der Waals surface area contributed by atoms with Crippen molar-refractivity contribution in [1.29, 1.82) is 0 Å². The van der Waals surface area contributed by atoms with Gasteiger partial charge in [0.2, 0.25) is 0 Å². The molecule has 1 aromatic carbocycles. The van der Waals surface area contributed by atoms with E-state index in [0.717, 1.165) is 5.56 Å². The summed E-state index contributed by atoms with van der Waals surface area (Å²) in [6.45, 7) is 1.80. The molecule has 7 heteroatoms. The highest BCUT2D eigenvalue weighted by atomic mass is 16.5. The molecule has 20 heavy (non-hydrogen) atoms. The Labute approximate surface area is 115 Å². The fourth-order valence-corrected chi connectivity index (χ4v) is 1.58. The van der Waals surface area contributed by atoms with E-state index >= 15 is 0 Å². The number of benzene rings is 1. The first kappa shape index (κ1) is 15.5. The van der Waals surface area contributed by atoms with Crippen LogP contribution < -0.4 is 10.1 Å².